The zero-order valence-electron chi connectivity index (χ0n) is 15.5. The summed E-state index contributed by atoms with van der Waals surface area (Å²) in [4.78, 5) is 0. The SMILES string of the molecule is CC1([c-]2cccc2)CCCC1.CC1([c-]2cccc2)CCCC1.[Cl-].[Cl-].[Zr+4]. The molecular formula is C22H30Cl2Zr. The standard InChI is InChI=1S/2C11H15.2ClH.Zr/c2*1-11(8-4-5-9-11)10-6-2-3-7-10;;;/h2*2-3,6-7H,4-5,8-9H2,1H3;2*1H;/q2*-1;;;+4/p-2. The molecule has 2 saturated carbocycles. The van der Waals surface area contributed by atoms with Gasteiger partial charge in [0.1, 0.15) is 0 Å². The molecule has 2 aromatic carbocycles. The van der Waals surface area contributed by atoms with E-state index in [1.165, 1.54) is 51.4 Å². The van der Waals surface area contributed by atoms with Crippen LogP contribution in [0.5, 0.6) is 0 Å². The van der Waals surface area contributed by atoms with Gasteiger partial charge in [0.25, 0.3) is 0 Å². The summed E-state index contributed by atoms with van der Waals surface area (Å²) in [5, 5.41) is 0. The predicted molar refractivity (Wildman–Crippen MR) is 95.7 cm³/mol. The summed E-state index contributed by atoms with van der Waals surface area (Å²) in [7, 11) is 0. The molecule has 0 nitrogen and oxygen atoms in total. The van der Waals surface area contributed by atoms with Crippen LogP contribution in [0, 0.1) is 0 Å². The normalized spacial score (nSPS) is 19.6. The Morgan fingerprint density at radius 1 is 0.560 bits per heavy atom. The number of rotatable bonds is 2. The predicted octanol–water partition coefficient (Wildman–Crippen LogP) is 0.480. The van der Waals surface area contributed by atoms with Crippen molar-refractivity contribution in [2.45, 2.75) is 76.0 Å². The van der Waals surface area contributed by atoms with Crippen molar-refractivity contribution < 1.29 is 51.0 Å². The van der Waals surface area contributed by atoms with E-state index in [4.69, 9.17) is 0 Å². The molecule has 0 unspecified atom stereocenters. The molecule has 0 amide bonds. The second-order valence-electron chi connectivity index (χ2n) is 7.88. The zero-order valence-corrected chi connectivity index (χ0v) is 19.5. The van der Waals surface area contributed by atoms with Crippen LogP contribution in [-0.2, 0) is 37.0 Å². The van der Waals surface area contributed by atoms with Crippen LogP contribution < -0.4 is 24.8 Å². The molecule has 0 aromatic heterocycles. The molecule has 3 heteroatoms. The van der Waals surface area contributed by atoms with Gasteiger partial charge in [-0.3, -0.25) is 0 Å². The Balaban J connectivity index is 0.000000411. The Hall–Kier alpha value is 0.163. The average Bonchev–Trinajstić information content (AvgIpc) is 3.29. The van der Waals surface area contributed by atoms with Crippen LogP contribution in [0.4, 0.5) is 0 Å². The maximum absolute atomic E-state index is 2.40. The van der Waals surface area contributed by atoms with Crippen molar-refractivity contribution in [2.75, 3.05) is 0 Å². The van der Waals surface area contributed by atoms with Crippen LogP contribution in [0.3, 0.4) is 0 Å². The van der Waals surface area contributed by atoms with E-state index in [2.05, 4.69) is 62.4 Å². The van der Waals surface area contributed by atoms with E-state index in [1.807, 2.05) is 0 Å². The zero-order chi connectivity index (χ0) is 15.5. The number of halogens is 2. The van der Waals surface area contributed by atoms with E-state index in [0.717, 1.165) is 0 Å². The second-order valence-corrected chi connectivity index (χ2v) is 7.88. The monoisotopic (exact) mass is 454 g/mol. The molecule has 0 bridgehead atoms. The third-order valence-electron chi connectivity index (χ3n) is 6.13. The molecular weight excluding hydrogens is 426 g/mol. The third kappa shape index (κ3) is 6.09. The first-order valence-electron chi connectivity index (χ1n) is 9.07. The molecule has 2 aliphatic rings. The van der Waals surface area contributed by atoms with Gasteiger partial charge in [0.15, 0.2) is 0 Å². The average molecular weight is 457 g/mol. The van der Waals surface area contributed by atoms with Crippen molar-refractivity contribution in [3.05, 3.63) is 59.7 Å². The van der Waals surface area contributed by atoms with Gasteiger partial charge in [0.05, 0.1) is 0 Å². The van der Waals surface area contributed by atoms with Crippen LogP contribution in [-0.4, -0.2) is 0 Å². The minimum atomic E-state index is 0. The first kappa shape index (κ1) is 25.2. The van der Waals surface area contributed by atoms with Gasteiger partial charge in [-0.15, -0.1) is 0 Å². The van der Waals surface area contributed by atoms with E-state index >= 15 is 0 Å². The van der Waals surface area contributed by atoms with Gasteiger partial charge in [-0.25, -0.2) is 24.3 Å². The minimum absolute atomic E-state index is 0. The maximum Gasteiger partial charge on any atom is 4.00 e. The topological polar surface area (TPSA) is 0 Å². The van der Waals surface area contributed by atoms with Gasteiger partial charge in [-0.05, 0) is 0 Å². The fraction of sp³-hybridized carbons (Fsp3) is 0.545. The Bertz CT molecular complexity index is 493. The smallest absolute Gasteiger partial charge is 1.00 e. The summed E-state index contributed by atoms with van der Waals surface area (Å²) in [5.74, 6) is 0. The fourth-order valence-corrected chi connectivity index (χ4v) is 4.44. The van der Waals surface area contributed by atoms with Crippen molar-refractivity contribution >= 4 is 0 Å². The fourth-order valence-electron chi connectivity index (χ4n) is 4.44. The molecule has 2 fully saturated rings. The van der Waals surface area contributed by atoms with Crippen LogP contribution in [0.1, 0.15) is 76.3 Å². The Kier molecular flexibility index (Phi) is 11.2. The Labute approximate surface area is 185 Å². The largest absolute Gasteiger partial charge is 4.00 e. The van der Waals surface area contributed by atoms with Crippen LogP contribution in [0.25, 0.3) is 0 Å². The molecule has 4 rings (SSSR count). The molecule has 0 radical (unpaired) electrons. The summed E-state index contributed by atoms with van der Waals surface area (Å²) >= 11 is 0. The quantitative estimate of drug-likeness (QED) is 0.577. The number of hydrogen-bond acceptors (Lipinski definition) is 0. The van der Waals surface area contributed by atoms with Crippen LogP contribution in [0.15, 0.2) is 48.5 Å². The second kappa shape index (κ2) is 11.1. The van der Waals surface area contributed by atoms with Gasteiger partial charge in [-0.2, -0.15) is 35.4 Å². The molecule has 0 saturated heterocycles. The molecule has 2 aliphatic carbocycles. The van der Waals surface area contributed by atoms with Gasteiger partial charge in [0, 0.05) is 0 Å². The molecule has 0 N–H and O–H groups in total. The van der Waals surface area contributed by atoms with Crippen molar-refractivity contribution in [1.29, 1.82) is 0 Å². The van der Waals surface area contributed by atoms with Gasteiger partial charge >= 0.3 is 26.2 Å². The summed E-state index contributed by atoms with van der Waals surface area (Å²) in [6.45, 7) is 4.80. The maximum atomic E-state index is 2.40. The summed E-state index contributed by atoms with van der Waals surface area (Å²) in [6, 6.07) is 17.7. The molecule has 2 aromatic rings. The molecule has 136 valence electrons. The minimum Gasteiger partial charge on any atom is -1.00 e. The van der Waals surface area contributed by atoms with Crippen LogP contribution >= 0.6 is 0 Å². The van der Waals surface area contributed by atoms with Gasteiger partial charge in [0.2, 0.25) is 0 Å². The molecule has 25 heavy (non-hydrogen) atoms. The van der Waals surface area contributed by atoms with E-state index in [9.17, 15) is 0 Å². The molecule has 0 atom stereocenters. The van der Waals surface area contributed by atoms with Crippen LogP contribution in [0.2, 0.25) is 0 Å². The summed E-state index contributed by atoms with van der Waals surface area (Å²) in [6.07, 6.45) is 11.2. The van der Waals surface area contributed by atoms with Gasteiger partial charge < -0.3 is 24.8 Å². The van der Waals surface area contributed by atoms with Gasteiger partial charge in [-0.1, -0.05) is 76.0 Å². The Morgan fingerprint density at radius 2 is 0.800 bits per heavy atom. The summed E-state index contributed by atoms with van der Waals surface area (Å²) in [5.41, 5.74) is 4.14. The summed E-state index contributed by atoms with van der Waals surface area (Å²) < 4.78 is 0. The Morgan fingerprint density at radius 3 is 1.04 bits per heavy atom. The molecule has 0 aliphatic heterocycles. The van der Waals surface area contributed by atoms with E-state index in [0.29, 0.717) is 10.8 Å². The van der Waals surface area contributed by atoms with E-state index in [-0.39, 0.29) is 51.0 Å². The van der Waals surface area contributed by atoms with E-state index < -0.39 is 0 Å². The number of hydrogen-bond donors (Lipinski definition) is 0. The first-order valence-corrected chi connectivity index (χ1v) is 9.07. The van der Waals surface area contributed by atoms with Crippen molar-refractivity contribution in [3.8, 4) is 0 Å². The van der Waals surface area contributed by atoms with Crippen molar-refractivity contribution in [1.82, 2.24) is 0 Å². The first-order chi connectivity index (χ1) is 10.6. The van der Waals surface area contributed by atoms with Crippen molar-refractivity contribution in [3.63, 3.8) is 0 Å². The van der Waals surface area contributed by atoms with Crippen molar-refractivity contribution in [2.24, 2.45) is 0 Å². The third-order valence-corrected chi connectivity index (χ3v) is 6.13. The van der Waals surface area contributed by atoms with E-state index in [1.54, 1.807) is 11.1 Å². The molecule has 0 spiro atoms. The molecule has 0 heterocycles.